The fourth-order valence-corrected chi connectivity index (χ4v) is 2.54. The first kappa shape index (κ1) is 17.9. The van der Waals surface area contributed by atoms with E-state index in [-0.39, 0.29) is 24.9 Å². The van der Waals surface area contributed by atoms with Crippen LogP contribution in [-0.4, -0.2) is 23.2 Å². The lowest BCUT2D eigenvalue weighted by Gasteiger charge is -2.04. The lowest BCUT2D eigenvalue weighted by Crippen LogP contribution is -2.06. The number of carbonyl (C=O) groups is 1. The van der Waals surface area contributed by atoms with Crippen LogP contribution in [0.2, 0.25) is 5.02 Å². The summed E-state index contributed by atoms with van der Waals surface area (Å²) in [4.78, 5) is 16.1. The van der Waals surface area contributed by atoms with Crippen LogP contribution in [0.4, 0.5) is 0 Å². The van der Waals surface area contributed by atoms with Crippen molar-refractivity contribution < 1.29 is 18.8 Å². The number of aromatic nitrogens is 2. The van der Waals surface area contributed by atoms with E-state index in [4.69, 9.17) is 25.6 Å². The molecule has 0 spiro atoms. The van der Waals surface area contributed by atoms with E-state index in [0.717, 1.165) is 11.3 Å². The predicted molar refractivity (Wildman–Crippen MR) is 95.9 cm³/mol. The molecule has 3 rings (SSSR count). The highest BCUT2D eigenvalue weighted by Crippen LogP contribution is 2.25. The zero-order chi connectivity index (χ0) is 18.4. The second-order valence-corrected chi connectivity index (χ2v) is 5.91. The van der Waals surface area contributed by atoms with E-state index in [0.29, 0.717) is 22.8 Å². The van der Waals surface area contributed by atoms with Crippen LogP contribution in [0.25, 0.3) is 11.4 Å². The summed E-state index contributed by atoms with van der Waals surface area (Å²) in [7, 11) is 1.61. The van der Waals surface area contributed by atoms with Crippen molar-refractivity contribution in [1.82, 2.24) is 10.1 Å². The Labute approximate surface area is 155 Å². The van der Waals surface area contributed by atoms with Gasteiger partial charge in [0.05, 0.1) is 12.1 Å². The summed E-state index contributed by atoms with van der Waals surface area (Å²) in [5.41, 5.74) is 1.69. The van der Waals surface area contributed by atoms with Gasteiger partial charge in [0.2, 0.25) is 5.82 Å². The first-order valence-corrected chi connectivity index (χ1v) is 8.39. The lowest BCUT2D eigenvalue weighted by molar-refractivity contribution is -0.145. The normalized spacial score (nSPS) is 10.5. The molecule has 26 heavy (non-hydrogen) atoms. The summed E-state index contributed by atoms with van der Waals surface area (Å²) in [5, 5.41) is 4.39. The zero-order valence-electron chi connectivity index (χ0n) is 14.1. The van der Waals surface area contributed by atoms with Crippen LogP contribution in [-0.2, 0) is 22.6 Å². The van der Waals surface area contributed by atoms with Gasteiger partial charge in [-0.1, -0.05) is 41.0 Å². The van der Waals surface area contributed by atoms with Gasteiger partial charge < -0.3 is 14.0 Å². The van der Waals surface area contributed by atoms with Crippen LogP contribution in [0.5, 0.6) is 5.75 Å². The van der Waals surface area contributed by atoms with Crippen molar-refractivity contribution >= 4 is 17.6 Å². The first-order chi connectivity index (χ1) is 12.7. The van der Waals surface area contributed by atoms with E-state index in [9.17, 15) is 4.79 Å². The highest BCUT2D eigenvalue weighted by Gasteiger charge is 2.13. The SMILES string of the molecule is COc1ccc(CCC(=O)OCc2nc(-c3ccccc3Cl)no2)cc1. The molecule has 0 saturated heterocycles. The second kappa shape index (κ2) is 8.49. The van der Waals surface area contributed by atoms with Crippen molar-refractivity contribution in [2.45, 2.75) is 19.4 Å². The molecule has 2 aromatic carbocycles. The van der Waals surface area contributed by atoms with Gasteiger partial charge in [-0.25, -0.2) is 0 Å². The van der Waals surface area contributed by atoms with Gasteiger partial charge in [-0.05, 0) is 36.2 Å². The summed E-state index contributed by atoms with van der Waals surface area (Å²) in [6, 6.07) is 14.7. The smallest absolute Gasteiger partial charge is 0.306 e. The molecule has 0 aliphatic rings. The van der Waals surface area contributed by atoms with E-state index in [1.807, 2.05) is 36.4 Å². The fourth-order valence-electron chi connectivity index (χ4n) is 2.32. The minimum Gasteiger partial charge on any atom is -0.497 e. The molecule has 0 N–H and O–H groups in total. The number of halogens is 1. The van der Waals surface area contributed by atoms with Crippen LogP contribution in [0.1, 0.15) is 17.9 Å². The molecule has 0 amide bonds. The maximum Gasteiger partial charge on any atom is 0.306 e. The van der Waals surface area contributed by atoms with E-state index >= 15 is 0 Å². The lowest BCUT2D eigenvalue weighted by atomic mass is 10.1. The van der Waals surface area contributed by atoms with Gasteiger partial charge in [0, 0.05) is 12.0 Å². The van der Waals surface area contributed by atoms with E-state index in [2.05, 4.69) is 10.1 Å². The van der Waals surface area contributed by atoms with Crippen LogP contribution in [0.3, 0.4) is 0 Å². The van der Waals surface area contributed by atoms with Crippen molar-refractivity contribution in [2.75, 3.05) is 7.11 Å². The Morgan fingerprint density at radius 3 is 2.65 bits per heavy atom. The molecule has 6 nitrogen and oxygen atoms in total. The largest absolute Gasteiger partial charge is 0.497 e. The summed E-state index contributed by atoms with van der Waals surface area (Å²) in [5.74, 6) is 1.03. The third-order valence-corrected chi connectivity index (χ3v) is 4.05. The molecular formula is C19H17ClN2O4. The molecule has 0 bridgehead atoms. The Morgan fingerprint density at radius 2 is 1.92 bits per heavy atom. The zero-order valence-corrected chi connectivity index (χ0v) is 14.9. The molecule has 0 aliphatic heterocycles. The topological polar surface area (TPSA) is 74.5 Å². The number of carbonyl (C=O) groups excluding carboxylic acids is 1. The number of benzene rings is 2. The van der Waals surface area contributed by atoms with Gasteiger partial charge in [-0.2, -0.15) is 4.98 Å². The minimum atomic E-state index is -0.335. The standard InChI is InChI=1S/C19H17ClN2O4/c1-24-14-9-6-13(7-10-14)8-11-18(23)25-12-17-21-19(22-26-17)15-4-2-3-5-16(15)20/h2-7,9-10H,8,11-12H2,1H3. The second-order valence-electron chi connectivity index (χ2n) is 5.50. The van der Waals surface area contributed by atoms with E-state index in [1.54, 1.807) is 19.2 Å². The quantitative estimate of drug-likeness (QED) is 0.582. The van der Waals surface area contributed by atoms with Crippen LogP contribution >= 0.6 is 11.6 Å². The Morgan fingerprint density at radius 1 is 1.15 bits per heavy atom. The number of hydrogen-bond donors (Lipinski definition) is 0. The molecule has 0 fully saturated rings. The summed E-state index contributed by atoms with van der Waals surface area (Å²) >= 11 is 6.10. The summed E-state index contributed by atoms with van der Waals surface area (Å²) in [6.07, 6.45) is 0.843. The van der Waals surface area contributed by atoms with Crippen molar-refractivity contribution in [2.24, 2.45) is 0 Å². The van der Waals surface area contributed by atoms with Crippen molar-refractivity contribution in [3.05, 3.63) is 65.0 Å². The molecule has 0 aliphatic carbocycles. The average Bonchev–Trinajstić information content (AvgIpc) is 3.14. The molecule has 0 saturated carbocycles. The summed E-state index contributed by atoms with van der Waals surface area (Å²) in [6.45, 7) is -0.0705. The van der Waals surface area contributed by atoms with Gasteiger partial charge in [-0.15, -0.1) is 0 Å². The van der Waals surface area contributed by atoms with Crippen LogP contribution in [0, 0.1) is 0 Å². The van der Waals surface area contributed by atoms with Crippen LogP contribution in [0.15, 0.2) is 53.1 Å². The number of ether oxygens (including phenoxy) is 2. The summed E-state index contributed by atoms with van der Waals surface area (Å²) < 4.78 is 15.4. The van der Waals surface area contributed by atoms with E-state index < -0.39 is 0 Å². The molecule has 3 aromatic rings. The molecule has 0 radical (unpaired) electrons. The number of hydrogen-bond acceptors (Lipinski definition) is 6. The maximum absolute atomic E-state index is 11.9. The van der Waals surface area contributed by atoms with Crippen molar-refractivity contribution in [1.29, 1.82) is 0 Å². The highest BCUT2D eigenvalue weighted by molar-refractivity contribution is 6.33. The first-order valence-electron chi connectivity index (χ1n) is 8.02. The molecule has 1 heterocycles. The third kappa shape index (κ3) is 4.61. The Hall–Kier alpha value is -2.86. The third-order valence-electron chi connectivity index (χ3n) is 3.72. The van der Waals surface area contributed by atoms with Crippen molar-refractivity contribution in [3.63, 3.8) is 0 Å². The number of esters is 1. The van der Waals surface area contributed by atoms with Gasteiger partial charge in [0.15, 0.2) is 6.61 Å². The molecule has 0 atom stereocenters. The van der Waals surface area contributed by atoms with Gasteiger partial charge in [0.1, 0.15) is 5.75 Å². The van der Waals surface area contributed by atoms with Gasteiger partial charge >= 0.3 is 5.97 Å². The Bertz CT molecular complexity index is 877. The predicted octanol–water partition coefficient (Wildman–Crippen LogP) is 4.07. The van der Waals surface area contributed by atoms with E-state index in [1.165, 1.54) is 0 Å². The highest BCUT2D eigenvalue weighted by atomic mass is 35.5. The molecule has 0 unspecified atom stereocenters. The number of aryl methyl sites for hydroxylation is 1. The van der Waals surface area contributed by atoms with Gasteiger partial charge in [0.25, 0.3) is 5.89 Å². The number of rotatable bonds is 7. The molecule has 134 valence electrons. The Kier molecular flexibility index (Phi) is 5.86. The number of methoxy groups -OCH3 is 1. The van der Waals surface area contributed by atoms with Gasteiger partial charge in [-0.3, -0.25) is 4.79 Å². The Balaban J connectivity index is 1.49. The maximum atomic E-state index is 11.9. The monoisotopic (exact) mass is 372 g/mol. The fraction of sp³-hybridized carbons (Fsp3) is 0.211. The van der Waals surface area contributed by atoms with Crippen molar-refractivity contribution in [3.8, 4) is 17.1 Å². The molecule has 1 aromatic heterocycles. The minimum absolute atomic E-state index is 0.0705. The number of nitrogens with zero attached hydrogens (tertiary/aromatic N) is 2. The van der Waals surface area contributed by atoms with Crippen LogP contribution < -0.4 is 4.74 Å². The molecule has 7 heteroatoms. The average molecular weight is 373 g/mol. The molecular weight excluding hydrogens is 356 g/mol.